The van der Waals surface area contributed by atoms with E-state index >= 15 is 0 Å². The molecule has 12 heteroatoms. The van der Waals surface area contributed by atoms with E-state index in [2.05, 4.69) is 58.4 Å². The highest BCUT2D eigenvalue weighted by molar-refractivity contribution is 6.35. The predicted molar refractivity (Wildman–Crippen MR) is 162 cm³/mol. The summed E-state index contributed by atoms with van der Waals surface area (Å²) in [6, 6.07) is 11.6. The minimum Gasteiger partial charge on any atom is -0.383 e. The average Bonchev–Trinajstić information content (AvgIpc) is 3.65. The van der Waals surface area contributed by atoms with E-state index in [0.29, 0.717) is 68.9 Å². The van der Waals surface area contributed by atoms with Gasteiger partial charge in [0.1, 0.15) is 22.9 Å². The number of halogens is 4. The van der Waals surface area contributed by atoms with Crippen LogP contribution in [0, 0.1) is 22.6 Å². The highest BCUT2D eigenvalue weighted by atomic mass is 35.5. The van der Waals surface area contributed by atoms with Gasteiger partial charge in [-0.05, 0) is 48.1 Å². The second-order valence-electron chi connectivity index (χ2n) is 12.1. The Kier molecular flexibility index (Phi) is 7.22. The molecule has 2 aliphatic rings. The molecule has 1 saturated carbocycles. The molecule has 1 aliphatic carbocycles. The van der Waals surface area contributed by atoms with E-state index in [9.17, 15) is 18.4 Å². The number of nitriles is 1. The molecule has 0 radical (unpaired) electrons. The van der Waals surface area contributed by atoms with Gasteiger partial charge >= 0.3 is 0 Å². The predicted octanol–water partition coefficient (Wildman–Crippen LogP) is 7.02. The quantitative estimate of drug-likeness (QED) is 0.170. The van der Waals surface area contributed by atoms with Crippen LogP contribution in [0.5, 0.6) is 0 Å². The smallest absolute Gasteiger partial charge is 0.262 e. The molecule has 43 heavy (non-hydrogen) atoms. The van der Waals surface area contributed by atoms with Crippen molar-refractivity contribution in [2.75, 3.05) is 17.2 Å². The molecule has 1 aliphatic heterocycles. The summed E-state index contributed by atoms with van der Waals surface area (Å²) >= 11 is 6.74. The summed E-state index contributed by atoms with van der Waals surface area (Å²) in [5, 5.41) is 19.7. The second-order valence-corrected chi connectivity index (χ2v) is 12.5. The Hall–Kier alpha value is -4.27. The number of pyridine rings is 2. The number of nitrogens with one attached hydrogen (secondary N) is 4. The summed E-state index contributed by atoms with van der Waals surface area (Å²) in [5.74, 6) is -0.473. The molecule has 0 spiro atoms. The van der Waals surface area contributed by atoms with Gasteiger partial charge in [-0.15, -0.1) is 5.53 Å². The highest BCUT2D eigenvalue weighted by Crippen LogP contribution is 2.47. The maximum absolute atomic E-state index is 14.8. The summed E-state index contributed by atoms with van der Waals surface area (Å²) in [4.78, 5) is 8.67. The summed E-state index contributed by atoms with van der Waals surface area (Å²) in [5.41, 5.74) is 8.06. The van der Waals surface area contributed by atoms with Crippen molar-refractivity contribution in [3.05, 3.63) is 82.7 Å². The molecule has 2 aromatic carbocycles. The number of rotatable bonds is 8. The van der Waals surface area contributed by atoms with E-state index in [1.165, 1.54) is 23.5 Å². The number of hydrogen-bond acceptors (Lipinski definition) is 8. The van der Waals surface area contributed by atoms with Crippen LogP contribution in [-0.2, 0) is 0 Å². The standard InChI is InChI=1S/C31H30ClF3N8/c1-30(2,3)16-39-25-17(13-36)14-38-26-21(25)11-18(12-22(26)32)40-28(20-6-7-23(33)27-19(20)5-4-10-37-27)24-15-43(42-41-24)31(8-9-31)29(34)35/h4-7,10-12,14-15,28-29,40-42H,8-9,16H2,1-3H3,(H,38,39)/t28-/m0/s1. The van der Waals surface area contributed by atoms with Gasteiger partial charge in [-0.25, -0.2) is 13.2 Å². The number of aromatic nitrogens is 2. The number of nitrogens with zero attached hydrogens (tertiary/aromatic N) is 4. The Morgan fingerprint density at radius 1 is 1.14 bits per heavy atom. The number of anilines is 2. The minimum atomic E-state index is -2.54. The van der Waals surface area contributed by atoms with E-state index in [0.717, 1.165) is 0 Å². The van der Waals surface area contributed by atoms with Gasteiger partial charge in [0, 0.05) is 41.6 Å². The molecule has 0 amide bonds. The number of alkyl halides is 2. The second kappa shape index (κ2) is 10.8. The van der Waals surface area contributed by atoms with Crippen LogP contribution in [-0.4, -0.2) is 33.5 Å². The highest BCUT2D eigenvalue weighted by Gasteiger charge is 2.56. The van der Waals surface area contributed by atoms with Crippen molar-refractivity contribution in [1.29, 1.82) is 5.26 Å². The third kappa shape index (κ3) is 5.37. The first-order valence-corrected chi connectivity index (χ1v) is 14.3. The molecule has 3 heterocycles. The Balaban J connectivity index is 1.47. The van der Waals surface area contributed by atoms with Crippen LogP contribution in [0.4, 0.5) is 24.5 Å². The molecule has 222 valence electrons. The van der Waals surface area contributed by atoms with E-state index in [-0.39, 0.29) is 10.9 Å². The van der Waals surface area contributed by atoms with Gasteiger partial charge in [-0.1, -0.05) is 44.5 Å². The number of hydrazine groups is 2. The first kappa shape index (κ1) is 28.8. The van der Waals surface area contributed by atoms with Crippen molar-refractivity contribution in [2.24, 2.45) is 5.41 Å². The van der Waals surface area contributed by atoms with Crippen LogP contribution in [0.2, 0.25) is 5.02 Å². The molecule has 1 fully saturated rings. The van der Waals surface area contributed by atoms with Gasteiger partial charge in [0.15, 0.2) is 0 Å². The molecule has 4 aromatic rings. The van der Waals surface area contributed by atoms with Crippen molar-refractivity contribution in [3.63, 3.8) is 0 Å². The molecule has 2 aromatic heterocycles. The Bertz CT molecular complexity index is 1790. The largest absolute Gasteiger partial charge is 0.383 e. The molecule has 0 saturated heterocycles. The minimum absolute atomic E-state index is 0.0681. The molecule has 0 unspecified atom stereocenters. The van der Waals surface area contributed by atoms with Crippen molar-refractivity contribution in [3.8, 4) is 6.07 Å². The average molecular weight is 607 g/mol. The van der Waals surface area contributed by atoms with E-state index in [1.54, 1.807) is 30.5 Å². The van der Waals surface area contributed by atoms with Crippen LogP contribution in [0.3, 0.4) is 0 Å². The Morgan fingerprint density at radius 3 is 2.63 bits per heavy atom. The summed E-state index contributed by atoms with van der Waals surface area (Å²) in [7, 11) is 0. The molecule has 8 nitrogen and oxygen atoms in total. The van der Waals surface area contributed by atoms with Crippen molar-refractivity contribution < 1.29 is 13.2 Å². The van der Waals surface area contributed by atoms with Crippen LogP contribution in [0.25, 0.3) is 21.8 Å². The van der Waals surface area contributed by atoms with Gasteiger partial charge in [0.25, 0.3) is 6.43 Å². The molecule has 0 bridgehead atoms. The van der Waals surface area contributed by atoms with Gasteiger partial charge in [-0.3, -0.25) is 15.0 Å². The van der Waals surface area contributed by atoms with E-state index in [1.807, 2.05) is 6.07 Å². The Morgan fingerprint density at radius 2 is 1.93 bits per heavy atom. The zero-order valence-electron chi connectivity index (χ0n) is 23.8. The summed E-state index contributed by atoms with van der Waals surface area (Å²) in [6.07, 6.45) is 2.79. The van der Waals surface area contributed by atoms with Crippen LogP contribution >= 0.6 is 11.6 Å². The lowest BCUT2D eigenvalue weighted by molar-refractivity contribution is 0.00911. The number of fused-ring (bicyclic) bond motifs is 2. The topological polar surface area (TPSA) is 101 Å². The molecule has 1 atom stereocenters. The van der Waals surface area contributed by atoms with Gasteiger partial charge < -0.3 is 16.1 Å². The fourth-order valence-electron chi connectivity index (χ4n) is 5.28. The van der Waals surface area contributed by atoms with Crippen LogP contribution in [0.1, 0.15) is 50.8 Å². The number of hydrogen-bond donors (Lipinski definition) is 4. The zero-order chi connectivity index (χ0) is 30.5. The monoisotopic (exact) mass is 606 g/mol. The maximum atomic E-state index is 14.8. The lowest BCUT2D eigenvalue weighted by Gasteiger charge is -2.25. The fourth-order valence-corrected chi connectivity index (χ4v) is 5.55. The molecule has 6 rings (SSSR count). The normalized spacial score (nSPS) is 16.6. The van der Waals surface area contributed by atoms with Gasteiger partial charge in [0.05, 0.1) is 33.5 Å². The first-order chi connectivity index (χ1) is 20.5. The lowest BCUT2D eigenvalue weighted by atomic mass is 9.96. The lowest BCUT2D eigenvalue weighted by Crippen LogP contribution is -2.48. The third-order valence-corrected chi connectivity index (χ3v) is 8.05. The third-order valence-electron chi connectivity index (χ3n) is 7.77. The molecule has 4 N–H and O–H groups in total. The first-order valence-electron chi connectivity index (χ1n) is 13.9. The van der Waals surface area contributed by atoms with E-state index in [4.69, 9.17) is 11.6 Å². The summed E-state index contributed by atoms with van der Waals surface area (Å²) in [6.45, 7) is 6.85. The SMILES string of the molecule is CC(C)(C)CNc1c(C#N)cnc2c(Cl)cc(N[C@H](C3=CN(C4(C(F)F)CC4)NN3)c3ccc(F)c4ncccc34)cc12. The maximum Gasteiger partial charge on any atom is 0.262 e. The summed E-state index contributed by atoms with van der Waals surface area (Å²) < 4.78 is 42.7. The van der Waals surface area contributed by atoms with Crippen molar-refractivity contribution >= 4 is 44.8 Å². The van der Waals surface area contributed by atoms with Crippen molar-refractivity contribution in [2.45, 2.75) is 51.6 Å². The van der Waals surface area contributed by atoms with E-state index < -0.39 is 23.8 Å². The fraction of sp³-hybridized carbons (Fsp3) is 0.323. The van der Waals surface area contributed by atoms with Gasteiger partial charge in [0.2, 0.25) is 0 Å². The molecular formula is C31H30ClF3N8. The van der Waals surface area contributed by atoms with Crippen LogP contribution < -0.4 is 21.6 Å². The van der Waals surface area contributed by atoms with Crippen molar-refractivity contribution in [1.82, 2.24) is 25.9 Å². The van der Waals surface area contributed by atoms with Crippen LogP contribution in [0.15, 0.2) is 60.7 Å². The zero-order valence-corrected chi connectivity index (χ0v) is 24.5. The van der Waals surface area contributed by atoms with Gasteiger partial charge in [-0.2, -0.15) is 5.26 Å². The Labute approximate surface area is 251 Å². The molecular weight excluding hydrogens is 577 g/mol. The number of benzene rings is 2.